The molecule has 0 saturated heterocycles. The van der Waals surface area contributed by atoms with Crippen LogP contribution in [0.15, 0.2) is 53.3 Å². The van der Waals surface area contributed by atoms with E-state index in [1.165, 1.54) is 43.6 Å². The van der Waals surface area contributed by atoms with Crippen molar-refractivity contribution in [3.05, 3.63) is 75.8 Å². The standard InChI is InChI=1S/C21H17Cl2N3O5/c1-11-5-6-13(8-16(11)25-20(28)17-4-3-7-30-17)21(29)31-12(2)19(27)26-18-15(23)9-14(22)10-24-18/h3-10,12H,1-2H3,(H,25,28)(H,24,26,27). The fourth-order valence-corrected chi connectivity index (χ4v) is 2.91. The van der Waals surface area contributed by atoms with Gasteiger partial charge in [-0.25, -0.2) is 9.78 Å². The zero-order valence-electron chi connectivity index (χ0n) is 16.4. The second-order valence-electron chi connectivity index (χ2n) is 6.48. The number of aromatic nitrogens is 1. The van der Waals surface area contributed by atoms with Gasteiger partial charge in [0.15, 0.2) is 17.7 Å². The summed E-state index contributed by atoms with van der Waals surface area (Å²) in [5.74, 6) is -1.60. The zero-order valence-corrected chi connectivity index (χ0v) is 18.0. The third-order valence-corrected chi connectivity index (χ3v) is 4.66. The number of hydrogen-bond donors (Lipinski definition) is 2. The van der Waals surface area contributed by atoms with Crippen LogP contribution < -0.4 is 10.6 Å². The molecule has 2 amide bonds. The Morgan fingerprint density at radius 2 is 1.90 bits per heavy atom. The van der Waals surface area contributed by atoms with Gasteiger partial charge in [-0.1, -0.05) is 29.3 Å². The number of pyridine rings is 1. The number of esters is 1. The number of halogens is 2. The molecule has 0 aliphatic heterocycles. The van der Waals surface area contributed by atoms with Crippen LogP contribution in [0.3, 0.4) is 0 Å². The summed E-state index contributed by atoms with van der Waals surface area (Å²) in [5.41, 5.74) is 1.29. The van der Waals surface area contributed by atoms with Crippen molar-refractivity contribution in [1.82, 2.24) is 4.98 Å². The van der Waals surface area contributed by atoms with E-state index >= 15 is 0 Å². The van der Waals surface area contributed by atoms with Gasteiger partial charge in [0.05, 0.1) is 21.9 Å². The lowest BCUT2D eigenvalue weighted by atomic mass is 10.1. The van der Waals surface area contributed by atoms with Crippen LogP contribution in [-0.2, 0) is 9.53 Å². The van der Waals surface area contributed by atoms with Gasteiger partial charge in [-0.05, 0) is 49.7 Å². The minimum Gasteiger partial charge on any atom is -0.459 e. The Balaban J connectivity index is 1.66. The van der Waals surface area contributed by atoms with E-state index in [0.29, 0.717) is 10.7 Å². The second kappa shape index (κ2) is 9.63. The van der Waals surface area contributed by atoms with Gasteiger partial charge in [-0.15, -0.1) is 0 Å². The van der Waals surface area contributed by atoms with Gasteiger partial charge in [0.25, 0.3) is 11.8 Å². The SMILES string of the molecule is Cc1ccc(C(=O)OC(C)C(=O)Nc2ncc(Cl)cc2Cl)cc1NC(=O)c1ccco1. The maximum absolute atomic E-state index is 12.5. The molecule has 0 spiro atoms. The highest BCUT2D eigenvalue weighted by atomic mass is 35.5. The van der Waals surface area contributed by atoms with Gasteiger partial charge >= 0.3 is 5.97 Å². The first-order valence-electron chi connectivity index (χ1n) is 9.03. The zero-order chi connectivity index (χ0) is 22.5. The minimum absolute atomic E-state index is 0.0947. The molecule has 0 radical (unpaired) electrons. The van der Waals surface area contributed by atoms with E-state index in [1.54, 1.807) is 19.1 Å². The fourth-order valence-electron chi connectivity index (χ4n) is 2.48. The Hall–Kier alpha value is -3.36. The Kier molecular flexibility index (Phi) is 6.94. The van der Waals surface area contributed by atoms with Crippen LogP contribution in [0.1, 0.15) is 33.4 Å². The number of rotatable bonds is 6. The molecular formula is C21H17Cl2N3O5. The smallest absolute Gasteiger partial charge is 0.338 e. The first kappa shape index (κ1) is 22.3. The Labute approximate surface area is 187 Å². The molecule has 0 bridgehead atoms. The molecule has 0 saturated carbocycles. The Morgan fingerprint density at radius 3 is 2.58 bits per heavy atom. The summed E-state index contributed by atoms with van der Waals surface area (Å²) in [7, 11) is 0. The van der Waals surface area contributed by atoms with Crippen molar-refractivity contribution in [2.75, 3.05) is 10.6 Å². The highest BCUT2D eigenvalue weighted by molar-refractivity contribution is 6.36. The first-order chi connectivity index (χ1) is 14.7. The molecular weight excluding hydrogens is 445 g/mol. The van der Waals surface area contributed by atoms with E-state index in [0.717, 1.165) is 5.56 Å². The number of carbonyl (C=O) groups is 3. The number of carbonyl (C=O) groups excluding carboxylic acids is 3. The van der Waals surface area contributed by atoms with Crippen molar-refractivity contribution in [3.63, 3.8) is 0 Å². The normalized spacial score (nSPS) is 11.5. The van der Waals surface area contributed by atoms with Gasteiger partial charge in [0.1, 0.15) is 0 Å². The molecule has 3 rings (SSSR count). The number of furan rings is 1. The van der Waals surface area contributed by atoms with Crippen LogP contribution in [-0.4, -0.2) is 28.9 Å². The summed E-state index contributed by atoms with van der Waals surface area (Å²) in [5, 5.41) is 5.61. The molecule has 160 valence electrons. The molecule has 1 aromatic carbocycles. The van der Waals surface area contributed by atoms with E-state index in [4.69, 9.17) is 32.4 Å². The van der Waals surface area contributed by atoms with Gasteiger partial charge < -0.3 is 19.8 Å². The predicted molar refractivity (Wildman–Crippen MR) is 116 cm³/mol. The number of aryl methyl sites for hydroxylation is 1. The van der Waals surface area contributed by atoms with Crippen molar-refractivity contribution in [2.45, 2.75) is 20.0 Å². The lowest BCUT2D eigenvalue weighted by molar-refractivity contribution is -0.123. The third kappa shape index (κ3) is 5.62. The topological polar surface area (TPSA) is 111 Å². The van der Waals surface area contributed by atoms with Gasteiger partial charge in [-0.2, -0.15) is 0 Å². The summed E-state index contributed by atoms with van der Waals surface area (Å²) in [6.45, 7) is 3.18. The Morgan fingerprint density at radius 1 is 1.13 bits per heavy atom. The summed E-state index contributed by atoms with van der Waals surface area (Å²) in [4.78, 5) is 41.0. The van der Waals surface area contributed by atoms with E-state index < -0.39 is 23.9 Å². The van der Waals surface area contributed by atoms with Crippen molar-refractivity contribution in [3.8, 4) is 0 Å². The number of benzene rings is 1. The molecule has 0 aliphatic carbocycles. The molecule has 0 fully saturated rings. The van der Waals surface area contributed by atoms with Crippen LogP contribution in [0.25, 0.3) is 0 Å². The number of anilines is 2. The highest BCUT2D eigenvalue weighted by Crippen LogP contribution is 2.23. The first-order valence-corrected chi connectivity index (χ1v) is 9.78. The number of nitrogens with zero attached hydrogens (tertiary/aromatic N) is 1. The van der Waals surface area contributed by atoms with Gasteiger partial charge in [0, 0.05) is 11.9 Å². The second-order valence-corrected chi connectivity index (χ2v) is 7.33. The van der Waals surface area contributed by atoms with E-state index in [-0.39, 0.29) is 22.2 Å². The van der Waals surface area contributed by atoms with Crippen LogP contribution in [0.2, 0.25) is 10.0 Å². The van der Waals surface area contributed by atoms with E-state index in [2.05, 4.69) is 15.6 Å². The molecule has 2 N–H and O–H groups in total. The summed E-state index contributed by atoms with van der Waals surface area (Å²) < 4.78 is 10.3. The molecule has 1 unspecified atom stereocenters. The number of amides is 2. The van der Waals surface area contributed by atoms with Crippen molar-refractivity contribution in [1.29, 1.82) is 0 Å². The van der Waals surface area contributed by atoms with Crippen molar-refractivity contribution >= 4 is 52.5 Å². The van der Waals surface area contributed by atoms with Crippen LogP contribution in [0, 0.1) is 6.92 Å². The molecule has 31 heavy (non-hydrogen) atoms. The average Bonchev–Trinajstić information content (AvgIpc) is 3.26. The minimum atomic E-state index is -1.14. The largest absolute Gasteiger partial charge is 0.459 e. The van der Waals surface area contributed by atoms with Crippen molar-refractivity contribution < 1.29 is 23.5 Å². The lowest BCUT2D eigenvalue weighted by Gasteiger charge is -2.15. The van der Waals surface area contributed by atoms with E-state index in [9.17, 15) is 14.4 Å². The highest BCUT2D eigenvalue weighted by Gasteiger charge is 2.21. The molecule has 2 heterocycles. The van der Waals surface area contributed by atoms with Gasteiger partial charge in [0.2, 0.25) is 0 Å². The van der Waals surface area contributed by atoms with Crippen LogP contribution >= 0.6 is 23.2 Å². The molecule has 3 aromatic rings. The number of hydrogen-bond acceptors (Lipinski definition) is 6. The Bertz CT molecular complexity index is 1130. The molecule has 10 heteroatoms. The quantitative estimate of drug-likeness (QED) is 0.513. The number of ether oxygens (including phenoxy) is 1. The number of nitrogens with one attached hydrogen (secondary N) is 2. The average molecular weight is 462 g/mol. The third-order valence-electron chi connectivity index (χ3n) is 4.17. The van der Waals surface area contributed by atoms with Gasteiger partial charge in [-0.3, -0.25) is 9.59 Å². The summed E-state index contributed by atoms with van der Waals surface area (Å²) >= 11 is 11.8. The summed E-state index contributed by atoms with van der Waals surface area (Å²) in [6.07, 6.45) is 1.57. The molecule has 8 nitrogen and oxygen atoms in total. The van der Waals surface area contributed by atoms with Crippen LogP contribution in [0.5, 0.6) is 0 Å². The predicted octanol–water partition coefficient (Wildman–Crippen LogP) is 4.73. The molecule has 0 aliphatic rings. The van der Waals surface area contributed by atoms with Crippen molar-refractivity contribution in [2.24, 2.45) is 0 Å². The molecule has 2 aromatic heterocycles. The maximum Gasteiger partial charge on any atom is 0.338 e. The summed E-state index contributed by atoms with van der Waals surface area (Å²) in [6, 6.07) is 9.17. The fraction of sp³-hybridized carbons (Fsp3) is 0.143. The van der Waals surface area contributed by atoms with Crippen LogP contribution in [0.4, 0.5) is 11.5 Å². The maximum atomic E-state index is 12.5. The monoisotopic (exact) mass is 461 g/mol. The lowest BCUT2D eigenvalue weighted by Crippen LogP contribution is -2.30. The van der Waals surface area contributed by atoms with E-state index in [1.807, 2.05) is 0 Å². The molecule has 1 atom stereocenters.